The number of likely N-dealkylation sites (tertiary alicyclic amines) is 3. The number of fused-ring (bicyclic) bond motifs is 1. The van der Waals surface area contributed by atoms with Crippen LogP contribution in [0.4, 0.5) is 0 Å². The molecular formula is C21H31N3O3S. The van der Waals surface area contributed by atoms with Gasteiger partial charge in [0.1, 0.15) is 0 Å². The van der Waals surface area contributed by atoms with Crippen LogP contribution >= 0.6 is 11.3 Å². The smallest absolute Gasteiger partial charge is 0.264 e. The lowest BCUT2D eigenvalue weighted by Gasteiger charge is -2.47. The molecule has 0 unspecified atom stereocenters. The van der Waals surface area contributed by atoms with Crippen LogP contribution in [0.25, 0.3) is 0 Å². The molecule has 1 aromatic heterocycles. The molecule has 0 radical (unpaired) electrons. The summed E-state index contributed by atoms with van der Waals surface area (Å²) in [4.78, 5) is 33.4. The lowest BCUT2D eigenvalue weighted by atomic mass is 9.60. The molecule has 3 aliphatic heterocycles. The number of aryl methyl sites for hydroxylation is 1. The molecule has 4 rings (SSSR count). The number of ether oxygens (including phenoxy) is 1. The van der Waals surface area contributed by atoms with E-state index in [0.29, 0.717) is 12.5 Å². The third-order valence-corrected chi connectivity index (χ3v) is 8.35. The minimum atomic E-state index is -0.288. The van der Waals surface area contributed by atoms with Gasteiger partial charge in [-0.25, -0.2) is 0 Å². The van der Waals surface area contributed by atoms with E-state index in [0.717, 1.165) is 69.0 Å². The van der Waals surface area contributed by atoms with Gasteiger partial charge >= 0.3 is 0 Å². The quantitative estimate of drug-likeness (QED) is 0.770. The highest BCUT2D eigenvalue weighted by molar-refractivity contribution is 7.12. The number of piperidine rings is 1. The molecule has 0 bridgehead atoms. The van der Waals surface area contributed by atoms with E-state index in [-0.39, 0.29) is 16.7 Å². The second kappa shape index (κ2) is 7.43. The van der Waals surface area contributed by atoms with Crippen molar-refractivity contribution in [2.75, 3.05) is 60.0 Å². The van der Waals surface area contributed by atoms with Crippen molar-refractivity contribution < 1.29 is 14.3 Å². The van der Waals surface area contributed by atoms with Crippen molar-refractivity contribution in [3.63, 3.8) is 0 Å². The van der Waals surface area contributed by atoms with Crippen molar-refractivity contribution in [2.45, 2.75) is 26.2 Å². The van der Waals surface area contributed by atoms with E-state index in [1.54, 1.807) is 7.11 Å². The summed E-state index contributed by atoms with van der Waals surface area (Å²) < 4.78 is 5.29. The normalized spacial score (nSPS) is 27.5. The van der Waals surface area contributed by atoms with Gasteiger partial charge in [-0.1, -0.05) is 0 Å². The highest BCUT2D eigenvalue weighted by Crippen LogP contribution is 2.57. The Balaban J connectivity index is 1.54. The third kappa shape index (κ3) is 2.99. The molecule has 2 amide bonds. The fourth-order valence-corrected chi connectivity index (χ4v) is 6.54. The summed E-state index contributed by atoms with van der Waals surface area (Å²) in [5, 5.41) is 1.99. The average Bonchev–Trinajstić information content (AvgIpc) is 3.34. The van der Waals surface area contributed by atoms with E-state index < -0.39 is 0 Å². The van der Waals surface area contributed by atoms with Crippen LogP contribution in [0.2, 0.25) is 0 Å². The first kappa shape index (κ1) is 19.9. The second-order valence-corrected chi connectivity index (χ2v) is 9.68. The van der Waals surface area contributed by atoms with Crippen molar-refractivity contribution >= 4 is 23.2 Å². The number of thiophene rings is 1. The summed E-state index contributed by atoms with van der Waals surface area (Å²) >= 11 is 1.53. The summed E-state index contributed by atoms with van der Waals surface area (Å²) in [6.45, 7) is 7.66. The summed E-state index contributed by atoms with van der Waals surface area (Å²) in [5.41, 5.74) is 0.749. The minimum absolute atomic E-state index is 0.0239. The van der Waals surface area contributed by atoms with E-state index in [2.05, 4.69) is 4.90 Å². The molecular weight excluding hydrogens is 374 g/mol. The molecule has 3 aliphatic rings. The van der Waals surface area contributed by atoms with E-state index in [1.807, 2.05) is 35.2 Å². The molecule has 154 valence electrons. The molecule has 3 saturated heterocycles. The number of hydrogen-bond donors (Lipinski definition) is 0. The maximum atomic E-state index is 13.3. The van der Waals surface area contributed by atoms with E-state index in [1.165, 1.54) is 11.3 Å². The van der Waals surface area contributed by atoms with Crippen molar-refractivity contribution in [1.29, 1.82) is 0 Å². The Morgan fingerprint density at radius 3 is 2.54 bits per heavy atom. The van der Waals surface area contributed by atoms with Gasteiger partial charge < -0.3 is 14.5 Å². The van der Waals surface area contributed by atoms with Crippen molar-refractivity contribution in [3.8, 4) is 0 Å². The summed E-state index contributed by atoms with van der Waals surface area (Å²) in [6, 6.07) is 2.01. The van der Waals surface area contributed by atoms with Crippen molar-refractivity contribution in [1.82, 2.24) is 14.7 Å². The maximum absolute atomic E-state index is 13.3. The third-order valence-electron chi connectivity index (χ3n) is 7.34. The monoisotopic (exact) mass is 405 g/mol. The SMILES string of the molecule is COCCN1CC2(CCN(C(=O)c3sccc3C)CC2)[C@]2(CCN(C)C2=O)C1. The molecule has 0 saturated carbocycles. The van der Waals surface area contributed by atoms with Crippen LogP contribution in [0.3, 0.4) is 0 Å². The first-order valence-electron chi connectivity index (χ1n) is 10.2. The molecule has 3 fully saturated rings. The van der Waals surface area contributed by atoms with Crippen LogP contribution in [0.5, 0.6) is 0 Å². The maximum Gasteiger partial charge on any atom is 0.264 e. The Bertz CT molecular complexity index is 756. The lowest BCUT2D eigenvalue weighted by Crippen LogP contribution is -2.53. The zero-order chi connectivity index (χ0) is 19.9. The number of rotatable bonds is 4. The fourth-order valence-electron chi connectivity index (χ4n) is 5.64. The summed E-state index contributed by atoms with van der Waals surface area (Å²) in [5.74, 6) is 0.460. The number of amides is 2. The van der Waals surface area contributed by atoms with Gasteiger partial charge in [0.05, 0.1) is 16.9 Å². The zero-order valence-corrected chi connectivity index (χ0v) is 18.0. The molecule has 0 aliphatic carbocycles. The van der Waals surface area contributed by atoms with Gasteiger partial charge in [-0.15, -0.1) is 11.3 Å². The fraction of sp³-hybridized carbons (Fsp3) is 0.714. The number of carbonyl (C=O) groups is 2. The largest absolute Gasteiger partial charge is 0.383 e. The predicted molar refractivity (Wildman–Crippen MR) is 110 cm³/mol. The zero-order valence-electron chi connectivity index (χ0n) is 17.2. The number of carbonyl (C=O) groups excluding carboxylic acids is 2. The number of hydrogen-bond acceptors (Lipinski definition) is 5. The van der Waals surface area contributed by atoms with Gasteiger partial charge in [0, 0.05) is 58.8 Å². The Kier molecular flexibility index (Phi) is 5.27. The van der Waals surface area contributed by atoms with Crippen LogP contribution in [0.15, 0.2) is 11.4 Å². The lowest BCUT2D eigenvalue weighted by molar-refractivity contribution is -0.141. The van der Waals surface area contributed by atoms with Crippen LogP contribution in [0.1, 0.15) is 34.5 Å². The van der Waals surface area contributed by atoms with Crippen LogP contribution in [0, 0.1) is 17.8 Å². The molecule has 1 atom stereocenters. The highest BCUT2D eigenvalue weighted by atomic mass is 32.1. The van der Waals surface area contributed by atoms with Gasteiger partial charge in [0.15, 0.2) is 0 Å². The Morgan fingerprint density at radius 2 is 1.96 bits per heavy atom. The van der Waals surface area contributed by atoms with Crippen LogP contribution < -0.4 is 0 Å². The van der Waals surface area contributed by atoms with Crippen molar-refractivity contribution in [3.05, 3.63) is 21.9 Å². The highest BCUT2D eigenvalue weighted by Gasteiger charge is 2.64. The first-order chi connectivity index (χ1) is 13.4. The summed E-state index contributed by atoms with van der Waals surface area (Å²) in [7, 11) is 3.66. The molecule has 2 spiro atoms. The van der Waals surface area contributed by atoms with Gasteiger partial charge in [0.2, 0.25) is 5.91 Å². The van der Waals surface area contributed by atoms with E-state index in [9.17, 15) is 9.59 Å². The Morgan fingerprint density at radius 1 is 1.21 bits per heavy atom. The molecule has 6 nitrogen and oxygen atoms in total. The van der Waals surface area contributed by atoms with Gasteiger partial charge in [-0.3, -0.25) is 14.5 Å². The number of nitrogens with zero attached hydrogens (tertiary/aromatic N) is 3. The number of methoxy groups -OCH3 is 1. The van der Waals surface area contributed by atoms with Gasteiger partial charge in [0.25, 0.3) is 5.91 Å². The first-order valence-corrected chi connectivity index (χ1v) is 11.1. The van der Waals surface area contributed by atoms with Crippen LogP contribution in [-0.2, 0) is 9.53 Å². The second-order valence-electron chi connectivity index (χ2n) is 8.77. The Labute approximate surface area is 171 Å². The van der Waals surface area contributed by atoms with E-state index in [4.69, 9.17) is 4.74 Å². The van der Waals surface area contributed by atoms with Gasteiger partial charge in [-0.05, 0) is 43.2 Å². The molecule has 1 aromatic rings. The molecule has 7 heteroatoms. The summed E-state index contributed by atoms with van der Waals surface area (Å²) in [6.07, 6.45) is 2.75. The predicted octanol–water partition coefficient (Wildman–Crippen LogP) is 2.09. The molecule has 0 N–H and O–H groups in total. The average molecular weight is 406 g/mol. The molecule has 4 heterocycles. The standard InChI is InChI=1S/C21H31N3O3S/c1-16-4-13-28-17(16)18(25)24-9-5-20(6-10-24)14-23(11-12-27-3)15-21(20)7-8-22(2)19(21)26/h4,13H,5-12,14-15H2,1-3H3/t21-/m1/s1. The van der Waals surface area contributed by atoms with E-state index >= 15 is 0 Å². The van der Waals surface area contributed by atoms with Gasteiger partial charge in [-0.2, -0.15) is 0 Å². The topological polar surface area (TPSA) is 53.1 Å². The Hall–Kier alpha value is -1.44. The minimum Gasteiger partial charge on any atom is -0.383 e. The van der Waals surface area contributed by atoms with Crippen LogP contribution in [-0.4, -0.2) is 86.5 Å². The molecule has 28 heavy (non-hydrogen) atoms. The molecule has 0 aromatic carbocycles. The van der Waals surface area contributed by atoms with Crippen molar-refractivity contribution in [2.24, 2.45) is 10.8 Å².